The van der Waals surface area contributed by atoms with Gasteiger partial charge in [0.15, 0.2) is 0 Å². The highest BCUT2D eigenvalue weighted by Gasteiger charge is 2.22. The van der Waals surface area contributed by atoms with Gasteiger partial charge in [-0.1, -0.05) is 17.3 Å². The van der Waals surface area contributed by atoms with Gasteiger partial charge in [-0.3, -0.25) is 0 Å². The van der Waals surface area contributed by atoms with Gasteiger partial charge in [-0.05, 0) is 37.0 Å². The van der Waals surface area contributed by atoms with E-state index >= 15 is 0 Å². The van der Waals surface area contributed by atoms with E-state index in [1.165, 1.54) is 18.9 Å². The highest BCUT2D eigenvalue weighted by atomic mass is 19.1. The molecule has 5 rings (SSSR count). The van der Waals surface area contributed by atoms with Gasteiger partial charge in [0.1, 0.15) is 5.82 Å². The van der Waals surface area contributed by atoms with Crippen LogP contribution >= 0.6 is 0 Å². The molecule has 0 amide bonds. The van der Waals surface area contributed by atoms with Crippen LogP contribution in [-0.4, -0.2) is 36.7 Å². The van der Waals surface area contributed by atoms with Gasteiger partial charge in [0.05, 0.1) is 17.9 Å². The Morgan fingerprint density at radius 1 is 1.06 bits per heavy atom. The average molecular weight is 420 g/mol. The first kappa shape index (κ1) is 18.9. The van der Waals surface area contributed by atoms with Crippen LogP contribution in [0.1, 0.15) is 12.8 Å². The molecule has 3 N–H and O–H groups in total. The summed E-state index contributed by atoms with van der Waals surface area (Å²) in [4.78, 5) is 20.8. The molecule has 0 spiro atoms. The van der Waals surface area contributed by atoms with Gasteiger partial charge in [-0.15, -0.1) is 0 Å². The van der Waals surface area contributed by atoms with Gasteiger partial charge in [0.25, 0.3) is 5.89 Å². The quantitative estimate of drug-likeness (QED) is 0.458. The van der Waals surface area contributed by atoms with Crippen LogP contribution in [-0.2, 0) is 0 Å². The monoisotopic (exact) mass is 420 g/mol. The van der Waals surface area contributed by atoms with E-state index in [1.807, 2.05) is 0 Å². The Hall–Kier alpha value is -4.15. The molecular formula is C20H17FN8O2. The summed E-state index contributed by atoms with van der Waals surface area (Å²) >= 11 is 0. The number of hydrogen-bond acceptors (Lipinski definition) is 10. The predicted octanol–water partition coefficient (Wildman–Crippen LogP) is 3.24. The lowest BCUT2D eigenvalue weighted by molar-refractivity contribution is 0.288. The largest absolute Gasteiger partial charge is 0.477 e. The number of pyridine rings is 1. The van der Waals surface area contributed by atoms with Crippen LogP contribution in [0.3, 0.4) is 0 Å². The second-order valence-corrected chi connectivity index (χ2v) is 7.01. The Morgan fingerprint density at radius 2 is 1.94 bits per heavy atom. The molecule has 10 nitrogen and oxygen atoms in total. The van der Waals surface area contributed by atoms with Crippen molar-refractivity contribution in [3.8, 4) is 29.0 Å². The number of nitrogen functional groups attached to an aromatic ring is 1. The number of rotatable bonds is 7. The van der Waals surface area contributed by atoms with Crippen molar-refractivity contribution in [3.05, 3.63) is 48.4 Å². The lowest BCUT2D eigenvalue weighted by Crippen LogP contribution is -2.06. The molecule has 1 aliphatic rings. The number of benzene rings is 1. The minimum atomic E-state index is -0.457. The molecule has 0 saturated heterocycles. The van der Waals surface area contributed by atoms with E-state index in [4.69, 9.17) is 15.0 Å². The third kappa shape index (κ3) is 4.39. The zero-order valence-electron chi connectivity index (χ0n) is 16.2. The Morgan fingerprint density at radius 3 is 2.71 bits per heavy atom. The summed E-state index contributed by atoms with van der Waals surface area (Å²) in [5, 5.41) is 6.67. The number of anilines is 3. The second-order valence-electron chi connectivity index (χ2n) is 7.01. The molecule has 0 atom stereocenters. The molecule has 1 aromatic carbocycles. The molecule has 3 aromatic heterocycles. The molecule has 11 heteroatoms. The Labute approximate surface area is 175 Å². The van der Waals surface area contributed by atoms with Crippen molar-refractivity contribution in [3.63, 3.8) is 0 Å². The van der Waals surface area contributed by atoms with Crippen molar-refractivity contribution in [2.45, 2.75) is 12.8 Å². The number of para-hydroxylation sites is 1. The lowest BCUT2D eigenvalue weighted by atomic mass is 10.3. The molecule has 1 fully saturated rings. The molecule has 1 saturated carbocycles. The third-order valence-corrected chi connectivity index (χ3v) is 4.55. The second kappa shape index (κ2) is 7.94. The van der Waals surface area contributed by atoms with E-state index in [0.717, 1.165) is 0 Å². The smallest absolute Gasteiger partial charge is 0.259 e. The van der Waals surface area contributed by atoms with E-state index in [2.05, 4.69) is 35.4 Å². The average Bonchev–Trinajstić information content (AvgIpc) is 3.47. The van der Waals surface area contributed by atoms with E-state index < -0.39 is 5.82 Å². The molecular weight excluding hydrogens is 403 g/mol. The van der Waals surface area contributed by atoms with Gasteiger partial charge in [0.2, 0.25) is 29.4 Å². The molecule has 0 radical (unpaired) electrons. The topological polar surface area (TPSA) is 138 Å². The number of nitrogens with two attached hydrogens (primary N) is 1. The Kier molecular flexibility index (Phi) is 4.83. The van der Waals surface area contributed by atoms with Crippen LogP contribution in [0.2, 0.25) is 0 Å². The zero-order valence-corrected chi connectivity index (χ0v) is 16.2. The van der Waals surface area contributed by atoms with Crippen molar-refractivity contribution in [1.29, 1.82) is 0 Å². The van der Waals surface area contributed by atoms with Crippen molar-refractivity contribution in [2.24, 2.45) is 5.92 Å². The van der Waals surface area contributed by atoms with E-state index in [1.54, 1.807) is 36.5 Å². The number of halogens is 1. The van der Waals surface area contributed by atoms with Crippen molar-refractivity contribution >= 4 is 17.6 Å². The zero-order chi connectivity index (χ0) is 21.2. The SMILES string of the molecule is Nc1nc(Nc2ccccc2F)nc(-c2noc(-c3ccc(OCC4CC4)nc3)n2)n1. The van der Waals surface area contributed by atoms with Crippen LogP contribution in [0.25, 0.3) is 23.1 Å². The molecule has 1 aliphatic carbocycles. The Balaban J connectivity index is 1.35. The van der Waals surface area contributed by atoms with Gasteiger partial charge in [-0.25, -0.2) is 9.37 Å². The minimum absolute atomic E-state index is 0.0535. The summed E-state index contributed by atoms with van der Waals surface area (Å²) in [6.07, 6.45) is 4.01. The van der Waals surface area contributed by atoms with Crippen molar-refractivity contribution in [2.75, 3.05) is 17.7 Å². The first-order valence-electron chi connectivity index (χ1n) is 9.60. The summed E-state index contributed by atoms with van der Waals surface area (Å²) in [5.74, 6) is 1.14. The van der Waals surface area contributed by atoms with Crippen molar-refractivity contribution < 1.29 is 13.7 Å². The fourth-order valence-electron chi connectivity index (χ4n) is 2.74. The standard InChI is InChI=1S/C20H17FN8O2/c21-13-3-1-2-4-14(13)24-20-27-16(26-19(22)28-20)17-25-18(31-29-17)12-7-8-15(23-9-12)30-10-11-5-6-11/h1-4,7-9,11H,5-6,10H2,(H3,22,24,26,27,28). The van der Waals surface area contributed by atoms with E-state index in [9.17, 15) is 4.39 Å². The highest BCUT2D eigenvalue weighted by molar-refractivity contribution is 5.59. The maximum Gasteiger partial charge on any atom is 0.259 e. The molecule has 3 heterocycles. The van der Waals surface area contributed by atoms with Crippen LogP contribution in [0, 0.1) is 11.7 Å². The predicted molar refractivity (Wildman–Crippen MR) is 109 cm³/mol. The maximum absolute atomic E-state index is 13.9. The molecule has 0 unspecified atom stereocenters. The van der Waals surface area contributed by atoms with E-state index in [-0.39, 0.29) is 35.1 Å². The van der Waals surface area contributed by atoms with Crippen molar-refractivity contribution in [1.82, 2.24) is 30.1 Å². The first-order valence-corrected chi connectivity index (χ1v) is 9.60. The Bertz CT molecular complexity index is 1210. The summed E-state index contributed by atoms with van der Waals surface area (Å²) in [5.41, 5.74) is 6.58. The lowest BCUT2D eigenvalue weighted by Gasteiger charge is -2.06. The van der Waals surface area contributed by atoms with Crippen LogP contribution in [0.15, 0.2) is 47.1 Å². The van der Waals surface area contributed by atoms with Gasteiger partial charge < -0.3 is 20.3 Å². The summed E-state index contributed by atoms with van der Waals surface area (Å²) < 4.78 is 24.8. The number of nitrogens with zero attached hydrogens (tertiary/aromatic N) is 6. The maximum atomic E-state index is 13.9. The minimum Gasteiger partial charge on any atom is -0.477 e. The number of aromatic nitrogens is 6. The molecule has 0 aliphatic heterocycles. The van der Waals surface area contributed by atoms with Gasteiger partial charge >= 0.3 is 0 Å². The fraction of sp³-hybridized carbons (Fsp3) is 0.200. The number of nitrogens with one attached hydrogen (secondary N) is 1. The van der Waals surface area contributed by atoms with E-state index in [0.29, 0.717) is 24.0 Å². The van der Waals surface area contributed by atoms with Crippen LogP contribution < -0.4 is 15.8 Å². The van der Waals surface area contributed by atoms with Gasteiger partial charge in [0, 0.05) is 12.3 Å². The number of hydrogen-bond donors (Lipinski definition) is 2. The third-order valence-electron chi connectivity index (χ3n) is 4.55. The summed E-state index contributed by atoms with van der Waals surface area (Å²) in [6, 6.07) is 9.65. The fourth-order valence-corrected chi connectivity index (χ4v) is 2.74. The van der Waals surface area contributed by atoms with Crippen LogP contribution in [0.5, 0.6) is 5.88 Å². The molecule has 156 valence electrons. The highest BCUT2D eigenvalue weighted by Crippen LogP contribution is 2.29. The first-order chi connectivity index (χ1) is 15.1. The summed E-state index contributed by atoms with van der Waals surface area (Å²) in [7, 11) is 0. The number of ether oxygens (including phenoxy) is 1. The molecule has 0 bridgehead atoms. The molecule has 31 heavy (non-hydrogen) atoms. The van der Waals surface area contributed by atoms with Crippen LogP contribution in [0.4, 0.5) is 22.0 Å². The van der Waals surface area contributed by atoms with Gasteiger partial charge in [-0.2, -0.15) is 19.9 Å². The summed E-state index contributed by atoms with van der Waals surface area (Å²) in [6.45, 7) is 0.682. The normalized spacial score (nSPS) is 13.2. The molecule has 4 aromatic rings.